The van der Waals surface area contributed by atoms with Gasteiger partial charge in [0.05, 0.1) is 0 Å². The van der Waals surface area contributed by atoms with Crippen molar-refractivity contribution in [2.24, 2.45) is 0 Å². The fraction of sp³-hybridized carbons (Fsp3) is 0. The van der Waals surface area contributed by atoms with Crippen molar-refractivity contribution >= 4 is 6.29 Å². The molecule has 0 saturated carbocycles. The van der Waals surface area contributed by atoms with Gasteiger partial charge in [0.15, 0.2) is 23.7 Å². The first-order chi connectivity index (χ1) is 8.13. The number of rotatable bonds is 2. The molecule has 1 nitrogen and oxygen atoms in total. The minimum atomic E-state index is -1.52. The summed E-state index contributed by atoms with van der Waals surface area (Å²) in [5.41, 5.74) is 0.780. The first-order valence-corrected chi connectivity index (χ1v) is 4.82. The third-order valence-corrected chi connectivity index (χ3v) is 2.38. The molecule has 2 aromatic carbocycles. The summed E-state index contributed by atoms with van der Waals surface area (Å²) in [4.78, 5) is 10.8. The number of hydrogen-bond acceptors (Lipinski definition) is 1. The first kappa shape index (κ1) is 11.4. The summed E-state index contributed by atoms with van der Waals surface area (Å²) >= 11 is 0. The molecule has 0 fully saturated rings. The van der Waals surface area contributed by atoms with E-state index in [1.54, 1.807) is 12.1 Å². The van der Waals surface area contributed by atoms with Crippen LogP contribution >= 0.6 is 0 Å². The maximum Gasteiger partial charge on any atom is 0.194 e. The molecule has 0 unspecified atom stereocenters. The molecule has 0 heterocycles. The molecule has 0 radical (unpaired) electrons. The van der Waals surface area contributed by atoms with Crippen LogP contribution in [0.1, 0.15) is 10.4 Å². The van der Waals surface area contributed by atoms with E-state index in [9.17, 15) is 18.0 Å². The Balaban J connectivity index is 2.65. The van der Waals surface area contributed by atoms with Gasteiger partial charge in [-0.1, -0.05) is 24.3 Å². The summed E-state index contributed by atoms with van der Waals surface area (Å²) in [6, 6.07) is 8.03. The van der Waals surface area contributed by atoms with E-state index in [0.717, 1.165) is 12.1 Å². The second-order valence-corrected chi connectivity index (χ2v) is 3.46. The lowest BCUT2D eigenvalue weighted by Gasteiger charge is -2.06. The molecule has 0 saturated heterocycles. The molecule has 0 spiro atoms. The predicted octanol–water partition coefficient (Wildman–Crippen LogP) is 3.58. The van der Waals surface area contributed by atoms with Crippen LogP contribution < -0.4 is 0 Å². The van der Waals surface area contributed by atoms with Gasteiger partial charge in [0.1, 0.15) is 0 Å². The summed E-state index contributed by atoms with van der Waals surface area (Å²) in [6.07, 6.45) is 0.578. The number of carbonyl (C=O) groups is 1. The molecule has 17 heavy (non-hydrogen) atoms. The maximum absolute atomic E-state index is 13.1. The Hall–Kier alpha value is -2.10. The van der Waals surface area contributed by atoms with Crippen molar-refractivity contribution in [3.8, 4) is 11.1 Å². The van der Waals surface area contributed by atoms with Crippen LogP contribution in [-0.2, 0) is 0 Å². The Bertz CT molecular complexity index is 556. The fourth-order valence-electron chi connectivity index (χ4n) is 1.57. The number of benzene rings is 2. The van der Waals surface area contributed by atoms with Crippen LogP contribution in [0.15, 0.2) is 36.4 Å². The standard InChI is InChI=1S/C13H7F3O/c14-11-5-9(6-12(15)13(11)16)10-4-2-1-3-8(10)7-17/h1-7H. The SMILES string of the molecule is O=Cc1ccccc1-c1cc(F)c(F)c(F)c1. The highest BCUT2D eigenvalue weighted by Crippen LogP contribution is 2.25. The van der Waals surface area contributed by atoms with Crippen LogP contribution in [0.5, 0.6) is 0 Å². The van der Waals surface area contributed by atoms with E-state index in [1.165, 1.54) is 12.1 Å². The average molecular weight is 236 g/mol. The lowest BCUT2D eigenvalue weighted by molar-refractivity contribution is 0.112. The zero-order chi connectivity index (χ0) is 12.4. The van der Waals surface area contributed by atoms with Gasteiger partial charge in [-0.25, -0.2) is 13.2 Å². The molecule has 0 atom stereocenters. The molecule has 0 bridgehead atoms. The van der Waals surface area contributed by atoms with E-state index in [4.69, 9.17) is 0 Å². The van der Waals surface area contributed by atoms with Gasteiger partial charge in [0, 0.05) is 5.56 Å². The number of carbonyl (C=O) groups excluding carboxylic acids is 1. The van der Waals surface area contributed by atoms with Gasteiger partial charge in [-0.05, 0) is 23.3 Å². The second kappa shape index (κ2) is 4.41. The molecule has 0 amide bonds. The topological polar surface area (TPSA) is 17.1 Å². The highest BCUT2D eigenvalue weighted by molar-refractivity contribution is 5.87. The molecule has 4 heteroatoms. The van der Waals surface area contributed by atoms with E-state index >= 15 is 0 Å². The van der Waals surface area contributed by atoms with Gasteiger partial charge >= 0.3 is 0 Å². The summed E-state index contributed by atoms with van der Waals surface area (Å²) in [7, 11) is 0. The van der Waals surface area contributed by atoms with E-state index in [2.05, 4.69) is 0 Å². The molecule has 0 aromatic heterocycles. The third kappa shape index (κ3) is 2.06. The smallest absolute Gasteiger partial charge is 0.194 e. The maximum atomic E-state index is 13.1. The minimum absolute atomic E-state index is 0.129. The molecular weight excluding hydrogens is 229 g/mol. The van der Waals surface area contributed by atoms with Crippen LogP contribution in [0.2, 0.25) is 0 Å². The Morgan fingerprint density at radius 1 is 0.941 bits per heavy atom. The molecule has 86 valence electrons. The van der Waals surface area contributed by atoms with Crippen molar-refractivity contribution in [3.63, 3.8) is 0 Å². The summed E-state index contributed by atoms with van der Waals surface area (Å²) in [6.45, 7) is 0. The molecule has 0 N–H and O–H groups in total. The Morgan fingerprint density at radius 2 is 1.53 bits per heavy atom. The highest BCUT2D eigenvalue weighted by atomic mass is 19.2. The van der Waals surface area contributed by atoms with Gasteiger partial charge in [-0.3, -0.25) is 4.79 Å². The van der Waals surface area contributed by atoms with Crippen molar-refractivity contribution < 1.29 is 18.0 Å². The molecule has 0 aliphatic heterocycles. The molecule has 2 rings (SSSR count). The van der Waals surface area contributed by atoms with Crippen LogP contribution in [0, 0.1) is 17.5 Å². The molecule has 0 aliphatic rings. The summed E-state index contributed by atoms with van der Waals surface area (Å²) in [5.74, 6) is -4.07. The van der Waals surface area contributed by atoms with Crippen molar-refractivity contribution in [1.82, 2.24) is 0 Å². The van der Waals surface area contributed by atoms with Crippen LogP contribution in [0.25, 0.3) is 11.1 Å². The van der Waals surface area contributed by atoms with Crippen molar-refractivity contribution in [1.29, 1.82) is 0 Å². The number of hydrogen-bond donors (Lipinski definition) is 0. The van der Waals surface area contributed by atoms with Crippen LogP contribution in [-0.4, -0.2) is 6.29 Å². The zero-order valence-electron chi connectivity index (χ0n) is 8.58. The van der Waals surface area contributed by atoms with Gasteiger partial charge in [0.25, 0.3) is 0 Å². The van der Waals surface area contributed by atoms with E-state index in [1.807, 2.05) is 0 Å². The number of aldehydes is 1. The van der Waals surface area contributed by atoms with E-state index in [-0.39, 0.29) is 11.1 Å². The first-order valence-electron chi connectivity index (χ1n) is 4.82. The van der Waals surface area contributed by atoms with Crippen molar-refractivity contribution in [2.45, 2.75) is 0 Å². The van der Waals surface area contributed by atoms with Crippen molar-refractivity contribution in [2.75, 3.05) is 0 Å². The minimum Gasteiger partial charge on any atom is -0.298 e. The van der Waals surface area contributed by atoms with Gasteiger partial charge in [-0.15, -0.1) is 0 Å². The Kier molecular flexibility index (Phi) is 2.95. The molecular formula is C13H7F3O. The highest BCUT2D eigenvalue weighted by Gasteiger charge is 2.13. The Labute approximate surface area is 95.5 Å². The lowest BCUT2D eigenvalue weighted by atomic mass is 10.0. The normalized spacial score (nSPS) is 10.3. The van der Waals surface area contributed by atoms with E-state index in [0.29, 0.717) is 11.8 Å². The van der Waals surface area contributed by atoms with Crippen molar-refractivity contribution in [3.05, 3.63) is 59.4 Å². The zero-order valence-corrected chi connectivity index (χ0v) is 8.58. The van der Waals surface area contributed by atoms with E-state index < -0.39 is 17.5 Å². The fourth-order valence-corrected chi connectivity index (χ4v) is 1.57. The summed E-state index contributed by atoms with van der Waals surface area (Å²) < 4.78 is 38.9. The van der Waals surface area contributed by atoms with Crippen LogP contribution in [0.3, 0.4) is 0 Å². The quantitative estimate of drug-likeness (QED) is 0.575. The number of halogens is 3. The second-order valence-electron chi connectivity index (χ2n) is 3.46. The molecule has 2 aromatic rings. The Morgan fingerprint density at radius 3 is 2.12 bits per heavy atom. The van der Waals surface area contributed by atoms with Gasteiger partial charge < -0.3 is 0 Å². The summed E-state index contributed by atoms with van der Waals surface area (Å²) in [5, 5.41) is 0. The predicted molar refractivity (Wildman–Crippen MR) is 57.1 cm³/mol. The lowest BCUT2D eigenvalue weighted by Crippen LogP contribution is -1.94. The third-order valence-electron chi connectivity index (χ3n) is 2.38. The van der Waals surface area contributed by atoms with Gasteiger partial charge in [-0.2, -0.15) is 0 Å². The largest absolute Gasteiger partial charge is 0.298 e. The van der Waals surface area contributed by atoms with Gasteiger partial charge in [0.2, 0.25) is 0 Å². The average Bonchev–Trinajstić information content (AvgIpc) is 2.35. The monoisotopic (exact) mass is 236 g/mol. The van der Waals surface area contributed by atoms with Crippen LogP contribution in [0.4, 0.5) is 13.2 Å². The molecule has 0 aliphatic carbocycles.